The van der Waals surface area contributed by atoms with Gasteiger partial charge in [0.25, 0.3) is 5.91 Å². The quantitative estimate of drug-likeness (QED) is 0.826. The Morgan fingerprint density at radius 2 is 1.74 bits per heavy atom. The number of nitrogens with zero attached hydrogens (tertiary/aromatic N) is 1. The molecule has 5 nitrogen and oxygen atoms in total. The molecule has 1 aromatic carbocycles. The Morgan fingerprint density at radius 1 is 1.22 bits per heavy atom. The maximum atomic E-state index is 12.6. The number of likely N-dealkylation sites (tertiary alicyclic amines) is 1. The Bertz CT molecular complexity index is 678. The van der Waals surface area contributed by atoms with Gasteiger partial charge in [0.05, 0.1) is 5.60 Å². The maximum absolute atomic E-state index is 12.6. The van der Waals surface area contributed by atoms with Gasteiger partial charge in [-0.25, -0.2) is 8.42 Å². The SMILES string of the molecule is Cc1cc(C(=O)N2CCC(C)(O)CC2)cc(C)c1/C=C/[SH](=O)=O. The molecular weight excluding hydrogens is 314 g/mol. The summed E-state index contributed by atoms with van der Waals surface area (Å²) < 4.78 is 21.4. The van der Waals surface area contributed by atoms with Gasteiger partial charge in [-0.05, 0) is 68.5 Å². The molecule has 23 heavy (non-hydrogen) atoms. The van der Waals surface area contributed by atoms with Gasteiger partial charge in [0.2, 0.25) is 0 Å². The van der Waals surface area contributed by atoms with Crippen LogP contribution in [0.5, 0.6) is 0 Å². The predicted molar refractivity (Wildman–Crippen MR) is 91.0 cm³/mol. The minimum atomic E-state index is -2.57. The molecule has 0 aromatic heterocycles. The molecule has 0 spiro atoms. The minimum absolute atomic E-state index is 0.0443. The Kier molecular flexibility index (Phi) is 5.26. The summed E-state index contributed by atoms with van der Waals surface area (Å²) in [5.74, 6) is -0.0443. The molecule has 1 fully saturated rings. The monoisotopic (exact) mass is 337 g/mol. The van der Waals surface area contributed by atoms with Crippen LogP contribution in [0, 0.1) is 13.8 Å². The van der Waals surface area contributed by atoms with E-state index in [1.165, 1.54) is 0 Å². The zero-order valence-corrected chi connectivity index (χ0v) is 14.6. The van der Waals surface area contributed by atoms with Gasteiger partial charge in [-0.15, -0.1) is 0 Å². The van der Waals surface area contributed by atoms with Crippen LogP contribution >= 0.6 is 0 Å². The van der Waals surface area contributed by atoms with Crippen molar-refractivity contribution in [1.82, 2.24) is 4.90 Å². The number of piperidine rings is 1. The molecule has 0 saturated carbocycles. The smallest absolute Gasteiger partial charge is 0.253 e. The fourth-order valence-electron chi connectivity index (χ4n) is 2.87. The van der Waals surface area contributed by atoms with Crippen molar-refractivity contribution in [3.8, 4) is 0 Å². The summed E-state index contributed by atoms with van der Waals surface area (Å²) in [5.41, 5.74) is 2.47. The second-order valence-electron chi connectivity index (χ2n) is 6.41. The van der Waals surface area contributed by atoms with Crippen LogP contribution < -0.4 is 0 Å². The van der Waals surface area contributed by atoms with Crippen LogP contribution in [-0.2, 0) is 10.7 Å². The first kappa shape index (κ1) is 17.7. The highest BCUT2D eigenvalue weighted by molar-refractivity contribution is 7.75. The predicted octanol–water partition coefficient (Wildman–Crippen LogP) is 1.87. The van der Waals surface area contributed by atoms with Crippen LogP contribution in [0.4, 0.5) is 0 Å². The molecule has 6 heteroatoms. The van der Waals surface area contributed by atoms with E-state index in [9.17, 15) is 18.3 Å². The van der Waals surface area contributed by atoms with Crippen LogP contribution in [0.1, 0.15) is 46.8 Å². The van der Waals surface area contributed by atoms with Crippen molar-refractivity contribution in [2.24, 2.45) is 0 Å². The second-order valence-corrected chi connectivity index (χ2v) is 7.28. The molecule has 1 aliphatic heterocycles. The van der Waals surface area contributed by atoms with E-state index in [2.05, 4.69) is 0 Å². The molecule has 1 aliphatic rings. The number of aliphatic hydroxyl groups is 1. The van der Waals surface area contributed by atoms with E-state index < -0.39 is 16.3 Å². The number of hydrogen-bond donors (Lipinski definition) is 2. The Hall–Kier alpha value is -1.66. The number of benzene rings is 1. The van der Waals surface area contributed by atoms with E-state index in [4.69, 9.17) is 0 Å². The number of amides is 1. The van der Waals surface area contributed by atoms with Crippen LogP contribution in [0.2, 0.25) is 0 Å². The van der Waals surface area contributed by atoms with Crippen LogP contribution in [-0.4, -0.2) is 43.0 Å². The third kappa shape index (κ3) is 4.42. The van der Waals surface area contributed by atoms with Crippen molar-refractivity contribution in [1.29, 1.82) is 0 Å². The maximum Gasteiger partial charge on any atom is 0.253 e. The first-order valence-corrected chi connectivity index (χ1v) is 8.89. The summed E-state index contributed by atoms with van der Waals surface area (Å²) in [4.78, 5) is 14.4. The molecule has 0 aliphatic carbocycles. The lowest BCUT2D eigenvalue weighted by molar-refractivity contribution is -0.00203. The summed E-state index contributed by atoms with van der Waals surface area (Å²) in [7, 11) is -2.57. The number of hydrogen-bond acceptors (Lipinski definition) is 4. The van der Waals surface area contributed by atoms with Crippen molar-refractivity contribution in [3.05, 3.63) is 39.8 Å². The van der Waals surface area contributed by atoms with E-state index in [1.54, 1.807) is 30.0 Å². The molecule has 0 atom stereocenters. The fourth-order valence-corrected chi connectivity index (χ4v) is 3.14. The highest BCUT2D eigenvalue weighted by Crippen LogP contribution is 2.24. The zero-order valence-electron chi connectivity index (χ0n) is 13.7. The van der Waals surface area contributed by atoms with Gasteiger partial charge < -0.3 is 10.0 Å². The number of carbonyl (C=O) groups is 1. The van der Waals surface area contributed by atoms with Gasteiger partial charge in [-0.3, -0.25) is 4.79 Å². The highest BCUT2D eigenvalue weighted by Gasteiger charge is 2.30. The Morgan fingerprint density at radius 3 is 2.22 bits per heavy atom. The van der Waals surface area contributed by atoms with Gasteiger partial charge in [-0.1, -0.05) is 0 Å². The molecule has 1 heterocycles. The van der Waals surface area contributed by atoms with Crippen molar-refractivity contribution >= 4 is 22.7 Å². The lowest BCUT2D eigenvalue weighted by Crippen LogP contribution is -2.45. The van der Waals surface area contributed by atoms with E-state index >= 15 is 0 Å². The molecule has 1 saturated heterocycles. The lowest BCUT2D eigenvalue weighted by Gasteiger charge is -2.36. The molecule has 126 valence electrons. The average Bonchev–Trinajstić information content (AvgIpc) is 2.45. The first-order chi connectivity index (χ1) is 10.7. The molecule has 0 bridgehead atoms. The first-order valence-electron chi connectivity index (χ1n) is 7.64. The summed E-state index contributed by atoms with van der Waals surface area (Å²) in [6, 6.07) is 3.58. The number of thiol groups is 1. The van der Waals surface area contributed by atoms with E-state index in [-0.39, 0.29) is 5.91 Å². The molecule has 0 unspecified atom stereocenters. The third-order valence-corrected chi connectivity index (χ3v) is 4.72. The van der Waals surface area contributed by atoms with Crippen LogP contribution in [0.3, 0.4) is 0 Å². The molecule has 1 N–H and O–H groups in total. The zero-order chi connectivity index (χ0) is 17.2. The number of carbonyl (C=O) groups excluding carboxylic acids is 1. The van der Waals surface area contributed by atoms with Crippen molar-refractivity contribution < 1.29 is 18.3 Å². The van der Waals surface area contributed by atoms with Crippen molar-refractivity contribution in [3.63, 3.8) is 0 Å². The summed E-state index contributed by atoms with van der Waals surface area (Å²) in [6.07, 6.45) is 2.71. The number of rotatable bonds is 3. The number of aryl methyl sites for hydroxylation is 2. The summed E-state index contributed by atoms with van der Waals surface area (Å²) >= 11 is 0. The van der Waals surface area contributed by atoms with Crippen LogP contribution in [0.25, 0.3) is 6.08 Å². The van der Waals surface area contributed by atoms with Gasteiger partial charge in [0, 0.05) is 24.1 Å². The third-order valence-electron chi connectivity index (χ3n) is 4.33. The Balaban J connectivity index is 2.22. The molecule has 2 rings (SSSR count). The second kappa shape index (κ2) is 6.84. The standard InChI is InChI=1S/C17H23NO4S/c1-12-10-14(11-13(2)15(12)4-9-23(21)22)16(19)18-7-5-17(3,20)6-8-18/h4,9-11,20,23H,5-8H2,1-3H3/b9-4+. The summed E-state index contributed by atoms with van der Waals surface area (Å²) in [5, 5.41) is 11.1. The van der Waals surface area contributed by atoms with E-state index in [0.717, 1.165) is 22.1 Å². The Labute approximate surface area is 138 Å². The lowest BCUT2D eigenvalue weighted by atomic mass is 9.93. The fraction of sp³-hybridized carbons (Fsp3) is 0.471. The van der Waals surface area contributed by atoms with Gasteiger partial charge in [0.1, 0.15) is 0 Å². The van der Waals surface area contributed by atoms with Gasteiger partial charge in [-0.2, -0.15) is 0 Å². The van der Waals surface area contributed by atoms with E-state index in [1.807, 2.05) is 13.8 Å². The largest absolute Gasteiger partial charge is 0.390 e. The van der Waals surface area contributed by atoms with Crippen molar-refractivity contribution in [2.45, 2.75) is 39.2 Å². The van der Waals surface area contributed by atoms with Crippen molar-refractivity contribution in [2.75, 3.05) is 13.1 Å². The van der Waals surface area contributed by atoms with Gasteiger partial charge in [0.15, 0.2) is 10.7 Å². The molecule has 0 radical (unpaired) electrons. The van der Waals surface area contributed by atoms with Crippen LogP contribution in [0.15, 0.2) is 17.5 Å². The molecule has 1 amide bonds. The minimum Gasteiger partial charge on any atom is -0.390 e. The summed E-state index contributed by atoms with van der Waals surface area (Å²) in [6.45, 7) is 6.61. The normalized spacial score (nSPS) is 17.9. The highest BCUT2D eigenvalue weighted by atomic mass is 32.2. The average molecular weight is 337 g/mol. The van der Waals surface area contributed by atoms with E-state index in [0.29, 0.717) is 31.5 Å². The molecular formula is C17H23NO4S. The molecule has 1 aromatic rings. The van der Waals surface area contributed by atoms with Gasteiger partial charge >= 0.3 is 0 Å². The topological polar surface area (TPSA) is 74.7 Å².